The molecule has 1 aromatic heterocycles. The topological polar surface area (TPSA) is 109 Å². The van der Waals surface area contributed by atoms with Gasteiger partial charge in [0.2, 0.25) is 0 Å². The van der Waals surface area contributed by atoms with E-state index in [1.54, 1.807) is 18.2 Å². The summed E-state index contributed by atoms with van der Waals surface area (Å²) >= 11 is 0. The maximum Gasteiger partial charge on any atom is 0.326 e. The van der Waals surface area contributed by atoms with E-state index >= 15 is 0 Å². The highest BCUT2D eigenvalue weighted by molar-refractivity contribution is 6.04. The van der Waals surface area contributed by atoms with Crippen molar-refractivity contribution in [2.45, 2.75) is 19.4 Å². The fraction of sp³-hybridized carbons (Fsp3) is 0.0882. The number of rotatable bonds is 9. The van der Waals surface area contributed by atoms with Gasteiger partial charge in [0.05, 0.1) is 12.0 Å². The number of halogens is 1. The second kappa shape index (κ2) is 12.3. The molecule has 210 valence electrons. The summed E-state index contributed by atoms with van der Waals surface area (Å²) in [5.74, 6) is -3.23. The standard InChI is InChI=1S/C34H27FN2O5/c1-21-6-5-9-26(18-21)27-16-17-42-31(27)33(39)37-30(34(40)41)20-22-10-15-29(28(35)19-22)36-32(38)25-13-11-24(12-14-25)23-7-3-2-4-8-23/h2-19,30H,20H2,1H3,(H,36,38)(H,37,39)(H,40,41). The van der Waals surface area contributed by atoms with Gasteiger partial charge in [0.15, 0.2) is 5.76 Å². The zero-order valence-corrected chi connectivity index (χ0v) is 22.6. The number of carbonyl (C=O) groups excluding carboxylic acids is 2. The lowest BCUT2D eigenvalue weighted by atomic mass is 10.0. The first-order valence-corrected chi connectivity index (χ1v) is 13.2. The van der Waals surface area contributed by atoms with E-state index in [0.29, 0.717) is 16.7 Å². The van der Waals surface area contributed by atoms with Gasteiger partial charge in [-0.05, 0) is 59.5 Å². The Morgan fingerprint density at radius 2 is 1.52 bits per heavy atom. The third kappa shape index (κ3) is 6.45. The minimum absolute atomic E-state index is 0.0205. The van der Waals surface area contributed by atoms with E-state index < -0.39 is 29.6 Å². The van der Waals surface area contributed by atoms with Crippen molar-refractivity contribution in [2.24, 2.45) is 0 Å². The van der Waals surface area contributed by atoms with E-state index in [-0.39, 0.29) is 17.9 Å². The first-order chi connectivity index (χ1) is 20.3. The van der Waals surface area contributed by atoms with Crippen molar-refractivity contribution in [1.82, 2.24) is 5.32 Å². The summed E-state index contributed by atoms with van der Waals surface area (Å²) in [6.07, 6.45) is 1.18. The molecule has 0 saturated heterocycles. The number of aryl methyl sites for hydroxylation is 1. The number of amides is 2. The lowest BCUT2D eigenvalue weighted by molar-refractivity contribution is -0.139. The van der Waals surface area contributed by atoms with Crippen LogP contribution in [0.15, 0.2) is 114 Å². The largest absolute Gasteiger partial charge is 0.480 e. The van der Waals surface area contributed by atoms with E-state index in [9.17, 15) is 23.9 Å². The van der Waals surface area contributed by atoms with E-state index in [1.807, 2.05) is 73.7 Å². The van der Waals surface area contributed by atoms with Crippen LogP contribution >= 0.6 is 0 Å². The zero-order valence-electron chi connectivity index (χ0n) is 22.6. The average Bonchev–Trinajstić information content (AvgIpc) is 3.49. The maximum absolute atomic E-state index is 15.0. The summed E-state index contributed by atoms with van der Waals surface area (Å²) in [5, 5.41) is 14.8. The van der Waals surface area contributed by atoms with Crippen molar-refractivity contribution >= 4 is 23.5 Å². The highest BCUT2D eigenvalue weighted by Gasteiger charge is 2.25. The monoisotopic (exact) mass is 562 g/mol. The quantitative estimate of drug-likeness (QED) is 0.184. The third-order valence-corrected chi connectivity index (χ3v) is 6.78. The molecular formula is C34H27FN2O5. The molecule has 0 aliphatic heterocycles. The van der Waals surface area contributed by atoms with Crippen LogP contribution in [-0.4, -0.2) is 28.9 Å². The first kappa shape index (κ1) is 28.0. The summed E-state index contributed by atoms with van der Waals surface area (Å²) in [6.45, 7) is 1.92. The van der Waals surface area contributed by atoms with Crippen LogP contribution in [0.4, 0.5) is 10.1 Å². The van der Waals surface area contributed by atoms with Crippen LogP contribution in [0.3, 0.4) is 0 Å². The molecule has 0 fully saturated rings. The molecule has 7 nitrogen and oxygen atoms in total. The first-order valence-electron chi connectivity index (χ1n) is 13.2. The molecule has 1 unspecified atom stereocenters. The van der Waals surface area contributed by atoms with Gasteiger partial charge < -0.3 is 20.2 Å². The van der Waals surface area contributed by atoms with Gasteiger partial charge in [-0.3, -0.25) is 9.59 Å². The number of hydrogen-bond acceptors (Lipinski definition) is 4. The number of carboxylic acids is 1. The predicted molar refractivity (Wildman–Crippen MR) is 158 cm³/mol. The third-order valence-electron chi connectivity index (χ3n) is 6.78. The van der Waals surface area contributed by atoms with Crippen LogP contribution in [0, 0.1) is 12.7 Å². The lowest BCUT2D eigenvalue weighted by Crippen LogP contribution is -2.42. The summed E-state index contributed by atoms with van der Waals surface area (Å²) in [7, 11) is 0. The number of benzene rings is 4. The number of hydrogen-bond donors (Lipinski definition) is 3. The fourth-order valence-electron chi connectivity index (χ4n) is 4.61. The lowest BCUT2D eigenvalue weighted by Gasteiger charge is -2.15. The Morgan fingerprint density at radius 3 is 2.21 bits per heavy atom. The number of carbonyl (C=O) groups is 3. The molecule has 5 aromatic rings. The summed E-state index contributed by atoms with van der Waals surface area (Å²) < 4.78 is 20.3. The summed E-state index contributed by atoms with van der Waals surface area (Å²) in [5.41, 5.74) is 4.86. The molecule has 42 heavy (non-hydrogen) atoms. The van der Waals surface area contributed by atoms with Gasteiger partial charge in [-0.15, -0.1) is 0 Å². The normalized spacial score (nSPS) is 11.5. The molecule has 4 aromatic carbocycles. The summed E-state index contributed by atoms with van der Waals surface area (Å²) in [4.78, 5) is 37.7. The zero-order chi connectivity index (χ0) is 29.6. The van der Waals surface area contributed by atoms with Crippen molar-refractivity contribution in [1.29, 1.82) is 0 Å². The predicted octanol–water partition coefficient (Wildman–Crippen LogP) is 6.74. The fourth-order valence-corrected chi connectivity index (χ4v) is 4.61. The van der Waals surface area contributed by atoms with E-state index in [4.69, 9.17) is 4.42 Å². The Morgan fingerprint density at radius 1 is 0.810 bits per heavy atom. The Kier molecular flexibility index (Phi) is 8.24. The Labute approximate surface area is 241 Å². The van der Waals surface area contributed by atoms with Crippen LogP contribution < -0.4 is 10.6 Å². The highest BCUT2D eigenvalue weighted by Crippen LogP contribution is 2.26. The highest BCUT2D eigenvalue weighted by atomic mass is 19.1. The molecule has 0 radical (unpaired) electrons. The second-order valence-electron chi connectivity index (χ2n) is 9.81. The van der Waals surface area contributed by atoms with Crippen molar-refractivity contribution in [3.05, 3.63) is 138 Å². The minimum atomic E-state index is -1.35. The number of carboxylic acid groups (broad SMARTS) is 1. The van der Waals surface area contributed by atoms with Crippen molar-refractivity contribution in [3.8, 4) is 22.3 Å². The van der Waals surface area contributed by atoms with E-state index in [1.165, 1.54) is 18.4 Å². The molecule has 5 rings (SSSR count). The molecular weight excluding hydrogens is 535 g/mol. The van der Waals surface area contributed by atoms with Crippen LogP contribution in [0.2, 0.25) is 0 Å². The molecule has 8 heteroatoms. The number of anilines is 1. The molecule has 0 bridgehead atoms. The maximum atomic E-state index is 15.0. The van der Waals surface area contributed by atoms with E-state index in [0.717, 1.165) is 28.3 Å². The average molecular weight is 563 g/mol. The van der Waals surface area contributed by atoms with Gasteiger partial charge in [-0.1, -0.05) is 78.4 Å². The molecule has 2 amide bonds. The number of nitrogens with one attached hydrogen (secondary N) is 2. The van der Waals surface area contributed by atoms with Gasteiger partial charge in [-0.25, -0.2) is 9.18 Å². The molecule has 1 atom stereocenters. The minimum Gasteiger partial charge on any atom is -0.480 e. The van der Waals surface area contributed by atoms with Gasteiger partial charge in [0.1, 0.15) is 11.9 Å². The van der Waals surface area contributed by atoms with Gasteiger partial charge >= 0.3 is 5.97 Å². The molecule has 0 aliphatic rings. The Hall–Kier alpha value is -5.50. The van der Waals surface area contributed by atoms with Crippen LogP contribution in [0.25, 0.3) is 22.3 Å². The number of furan rings is 1. The smallest absolute Gasteiger partial charge is 0.326 e. The van der Waals surface area contributed by atoms with Crippen LogP contribution in [0.5, 0.6) is 0 Å². The Bertz CT molecular complexity index is 1750. The van der Waals surface area contributed by atoms with E-state index in [2.05, 4.69) is 10.6 Å². The second-order valence-corrected chi connectivity index (χ2v) is 9.81. The van der Waals surface area contributed by atoms with Crippen molar-refractivity contribution in [3.63, 3.8) is 0 Å². The Balaban J connectivity index is 1.25. The van der Waals surface area contributed by atoms with Gasteiger partial charge in [-0.2, -0.15) is 0 Å². The summed E-state index contributed by atoms with van der Waals surface area (Å²) in [6, 6.07) is 28.4. The van der Waals surface area contributed by atoms with Crippen LogP contribution in [-0.2, 0) is 11.2 Å². The molecule has 0 aliphatic carbocycles. The molecule has 0 saturated carbocycles. The van der Waals surface area contributed by atoms with Crippen molar-refractivity contribution in [2.75, 3.05) is 5.32 Å². The van der Waals surface area contributed by atoms with Gasteiger partial charge in [0, 0.05) is 17.5 Å². The molecule has 1 heterocycles. The SMILES string of the molecule is Cc1cccc(-c2ccoc2C(=O)NC(Cc2ccc(NC(=O)c3ccc(-c4ccccc4)cc3)c(F)c2)C(=O)O)c1. The number of aliphatic carboxylic acids is 1. The molecule has 3 N–H and O–H groups in total. The van der Waals surface area contributed by atoms with Crippen LogP contribution in [0.1, 0.15) is 32.0 Å². The van der Waals surface area contributed by atoms with Gasteiger partial charge in [0.25, 0.3) is 11.8 Å². The molecule has 0 spiro atoms. The van der Waals surface area contributed by atoms with Crippen molar-refractivity contribution < 1.29 is 28.3 Å².